The maximum Gasteiger partial charge on any atom is 0.238 e. The topological polar surface area (TPSA) is 53.6 Å². The fraction of sp³-hybridized carbons (Fsp3) is 0.562. The van der Waals surface area contributed by atoms with Gasteiger partial charge in [0.15, 0.2) is 0 Å². The lowest BCUT2D eigenvalue weighted by molar-refractivity contribution is -0.117. The number of piperidine rings is 1. The summed E-state index contributed by atoms with van der Waals surface area (Å²) in [5.74, 6) is 0.713. The van der Waals surface area contributed by atoms with E-state index in [1.165, 1.54) is 0 Å². The van der Waals surface area contributed by atoms with Gasteiger partial charge in [-0.3, -0.25) is 9.69 Å². The van der Waals surface area contributed by atoms with Gasteiger partial charge in [0.25, 0.3) is 0 Å². The molecular weight excluding hydrogens is 302 g/mol. The van der Waals surface area contributed by atoms with Gasteiger partial charge in [0.05, 0.1) is 19.3 Å². The molecular formula is C16H26ClN3O2. The molecule has 1 heterocycles. The number of nitrogens with one attached hydrogen (secondary N) is 2. The summed E-state index contributed by atoms with van der Waals surface area (Å²) in [5.41, 5.74) is 1.84. The lowest BCUT2D eigenvalue weighted by Crippen LogP contribution is -2.44. The molecule has 1 amide bonds. The summed E-state index contributed by atoms with van der Waals surface area (Å²) in [6, 6.07) is 6.37. The molecule has 1 aliphatic rings. The summed E-state index contributed by atoms with van der Waals surface area (Å²) in [6.07, 6.45) is 2.19. The van der Waals surface area contributed by atoms with Crippen LogP contribution < -0.4 is 15.4 Å². The molecule has 1 aromatic carbocycles. The first-order valence-corrected chi connectivity index (χ1v) is 7.46. The van der Waals surface area contributed by atoms with E-state index >= 15 is 0 Å². The van der Waals surface area contributed by atoms with Crippen LogP contribution in [-0.2, 0) is 4.79 Å². The Morgan fingerprint density at radius 3 is 2.64 bits per heavy atom. The summed E-state index contributed by atoms with van der Waals surface area (Å²) in [6.45, 7) is 4.36. The fourth-order valence-corrected chi connectivity index (χ4v) is 2.69. The lowest BCUT2D eigenvalue weighted by Gasteiger charge is -2.31. The average Bonchev–Trinajstić information content (AvgIpc) is 2.48. The first-order valence-electron chi connectivity index (χ1n) is 7.46. The smallest absolute Gasteiger partial charge is 0.238 e. The van der Waals surface area contributed by atoms with Crippen molar-refractivity contribution in [1.29, 1.82) is 0 Å². The molecule has 0 saturated carbocycles. The van der Waals surface area contributed by atoms with Crippen LogP contribution >= 0.6 is 12.4 Å². The van der Waals surface area contributed by atoms with Crippen molar-refractivity contribution >= 4 is 24.0 Å². The molecule has 2 N–H and O–H groups in total. The number of amides is 1. The van der Waals surface area contributed by atoms with Crippen molar-refractivity contribution < 1.29 is 9.53 Å². The van der Waals surface area contributed by atoms with Crippen LogP contribution in [0.4, 0.5) is 5.69 Å². The van der Waals surface area contributed by atoms with E-state index < -0.39 is 0 Å². The number of methoxy groups -OCH3 is 1. The van der Waals surface area contributed by atoms with Crippen LogP contribution in [0.5, 0.6) is 5.75 Å². The highest BCUT2D eigenvalue weighted by Gasteiger charge is 2.20. The number of carbonyl (C=O) groups excluding carboxylic acids is 1. The molecule has 0 radical (unpaired) electrons. The second-order valence-corrected chi connectivity index (χ2v) is 5.59. The Balaban J connectivity index is 0.00000242. The summed E-state index contributed by atoms with van der Waals surface area (Å²) < 4.78 is 5.28. The molecule has 0 atom stereocenters. The van der Waals surface area contributed by atoms with Gasteiger partial charge < -0.3 is 15.4 Å². The van der Waals surface area contributed by atoms with Gasteiger partial charge in [-0.25, -0.2) is 0 Å². The predicted octanol–water partition coefficient (Wildman–Crippen LogP) is 2.05. The standard InChI is InChI=1S/C16H25N3O2.ClH/c1-12-4-5-15(21-3)14(10-12)18-16(20)11-19-8-6-13(17-2)7-9-19;/h4-5,10,13,17H,6-9,11H2,1-3H3,(H,18,20);1H. The van der Waals surface area contributed by atoms with E-state index in [0.29, 0.717) is 18.3 Å². The van der Waals surface area contributed by atoms with Crippen molar-refractivity contribution in [1.82, 2.24) is 10.2 Å². The van der Waals surface area contributed by atoms with Crippen LogP contribution in [0.25, 0.3) is 0 Å². The second kappa shape index (κ2) is 8.98. The van der Waals surface area contributed by atoms with Crippen LogP contribution in [0, 0.1) is 6.92 Å². The Bertz CT molecular complexity index is 488. The molecule has 5 nitrogen and oxygen atoms in total. The Morgan fingerprint density at radius 2 is 2.05 bits per heavy atom. The number of aryl methyl sites for hydroxylation is 1. The quantitative estimate of drug-likeness (QED) is 0.869. The third-order valence-electron chi connectivity index (χ3n) is 3.99. The Morgan fingerprint density at radius 1 is 1.36 bits per heavy atom. The van der Waals surface area contributed by atoms with Crippen molar-refractivity contribution in [3.05, 3.63) is 23.8 Å². The van der Waals surface area contributed by atoms with E-state index in [1.807, 2.05) is 32.2 Å². The van der Waals surface area contributed by atoms with E-state index in [0.717, 1.165) is 37.2 Å². The van der Waals surface area contributed by atoms with Gasteiger partial charge >= 0.3 is 0 Å². The maximum atomic E-state index is 12.2. The van der Waals surface area contributed by atoms with Gasteiger partial charge in [0.2, 0.25) is 5.91 Å². The molecule has 1 saturated heterocycles. The van der Waals surface area contributed by atoms with Crippen LogP contribution in [0.15, 0.2) is 18.2 Å². The van der Waals surface area contributed by atoms with E-state index in [4.69, 9.17) is 4.74 Å². The van der Waals surface area contributed by atoms with Crippen molar-refractivity contribution in [2.45, 2.75) is 25.8 Å². The summed E-state index contributed by atoms with van der Waals surface area (Å²) in [4.78, 5) is 14.4. The number of rotatable bonds is 5. The van der Waals surface area contributed by atoms with E-state index in [1.54, 1.807) is 7.11 Å². The normalized spacial score (nSPS) is 16.0. The van der Waals surface area contributed by atoms with Crippen LogP contribution in [0.3, 0.4) is 0 Å². The third kappa shape index (κ3) is 5.16. The van der Waals surface area contributed by atoms with Crippen LogP contribution in [0.2, 0.25) is 0 Å². The molecule has 6 heteroatoms. The van der Waals surface area contributed by atoms with Gasteiger partial charge in [-0.2, -0.15) is 0 Å². The van der Waals surface area contributed by atoms with Crippen molar-refractivity contribution in [3.63, 3.8) is 0 Å². The van der Waals surface area contributed by atoms with Gasteiger partial charge in [-0.15, -0.1) is 12.4 Å². The molecule has 0 bridgehead atoms. The number of benzene rings is 1. The van der Waals surface area contributed by atoms with E-state index in [9.17, 15) is 4.79 Å². The number of nitrogens with zero attached hydrogens (tertiary/aromatic N) is 1. The Kier molecular flexibility index (Phi) is 7.65. The number of likely N-dealkylation sites (tertiary alicyclic amines) is 1. The SMILES string of the molecule is CNC1CCN(CC(=O)Nc2cc(C)ccc2OC)CC1.Cl. The average molecular weight is 328 g/mol. The van der Waals surface area contributed by atoms with Gasteiger partial charge in [-0.1, -0.05) is 6.07 Å². The molecule has 1 fully saturated rings. The number of ether oxygens (including phenoxy) is 1. The van der Waals surface area contributed by atoms with E-state index in [-0.39, 0.29) is 18.3 Å². The number of carbonyl (C=O) groups is 1. The molecule has 0 aromatic heterocycles. The van der Waals surface area contributed by atoms with Gasteiger partial charge in [-0.05, 0) is 44.5 Å². The van der Waals surface area contributed by atoms with Gasteiger partial charge in [0.1, 0.15) is 5.75 Å². The fourth-order valence-electron chi connectivity index (χ4n) is 2.69. The number of hydrogen-bond donors (Lipinski definition) is 2. The summed E-state index contributed by atoms with van der Waals surface area (Å²) in [5, 5.41) is 6.25. The zero-order valence-corrected chi connectivity index (χ0v) is 14.3. The first kappa shape index (κ1) is 18.7. The van der Waals surface area contributed by atoms with Crippen molar-refractivity contribution in [3.8, 4) is 5.75 Å². The predicted molar refractivity (Wildman–Crippen MR) is 92.1 cm³/mol. The third-order valence-corrected chi connectivity index (χ3v) is 3.99. The molecule has 0 spiro atoms. The number of anilines is 1. The Labute approximate surface area is 138 Å². The van der Waals surface area contributed by atoms with Crippen molar-refractivity contribution in [2.75, 3.05) is 39.1 Å². The van der Waals surface area contributed by atoms with Gasteiger partial charge in [0, 0.05) is 19.1 Å². The van der Waals surface area contributed by atoms with Crippen LogP contribution in [0.1, 0.15) is 18.4 Å². The molecule has 1 aromatic rings. The molecule has 22 heavy (non-hydrogen) atoms. The van der Waals surface area contributed by atoms with Crippen molar-refractivity contribution in [2.24, 2.45) is 0 Å². The lowest BCUT2D eigenvalue weighted by atomic mass is 10.1. The molecule has 0 aliphatic carbocycles. The zero-order chi connectivity index (χ0) is 15.2. The first-order chi connectivity index (χ1) is 10.1. The highest BCUT2D eigenvalue weighted by Crippen LogP contribution is 2.25. The van der Waals surface area contributed by atoms with E-state index in [2.05, 4.69) is 15.5 Å². The molecule has 124 valence electrons. The highest BCUT2D eigenvalue weighted by molar-refractivity contribution is 5.93. The monoisotopic (exact) mass is 327 g/mol. The van der Waals surface area contributed by atoms with Crippen LogP contribution in [-0.4, -0.2) is 50.6 Å². The largest absolute Gasteiger partial charge is 0.495 e. The minimum absolute atomic E-state index is 0. The minimum atomic E-state index is 0. The maximum absolute atomic E-state index is 12.2. The summed E-state index contributed by atoms with van der Waals surface area (Å²) >= 11 is 0. The molecule has 0 unspecified atom stereocenters. The zero-order valence-electron chi connectivity index (χ0n) is 13.5. The molecule has 1 aliphatic heterocycles. The Hall–Kier alpha value is -1.30. The minimum Gasteiger partial charge on any atom is -0.495 e. The molecule has 2 rings (SSSR count). The highest BCUT2D eigenvalue weighted by atomic mass is 35.5. The second-order valence-electron chi connectivity index (χ2n) is 5.59. The number of halogens is 1. The summed E-state index contributed by atoms with van der Waals surface area (Å²) in [7, 11) is 3.61. The number of hydrogen-bond acceptors (Lipinski definition) is 4.